The fourth-order valence-electron chi connectivity index (χ4n) is 2.17. The van der Waals surface area contributed by atoms with Gasteiger partial charge in [0.25, 0.3) is 5.91 Å². The third-order valence-corrected chi connectivity index (χ3v) is 3.37. The van der Waals surface area contributed by atoms with Crippen LogP contribution in [0.15, 0.2) is 42.6 Å². The first-order valence-electron chi connectivity index (χ1n) is 8.37. The molecule has 2 aromatic rings. The highest BCUT2D eigenvalue weighted by Gasteiger charge is 2.07. The molecule has 0 saturated carbocycles. The summed E-state index contributed by atoms with van der Waals surface area (Å²) >= 11 is 0. The van der Waals surface area contributed by atoms with Crippen molar-refractivity contribution < 1.29 is 9.53 Å². The first kappa shape index (κ1) is 18.7. The predicted molar refractivity (Wildman–Crippen MR) is 101 cm³/mol. The number of anilines is 2. The maximum Gasteiger partial charge on any atom is 0.251 e. The Bertz CT molecular complexity index is 684. The molecule has 25 heavy (non-hydrogen) atoms. The minimum atomic E-state index is -0.104. The van der Waals surface area contributed by atoms with Crippen LogP contribution in [-0.2, 0) is 0 Å². The Morgan fingerprint density at radius 1 is 1.20 bits per heavy atom. The van der Waals surface area contributed by atoms with Crippen LogP contribution in [0.5, 0.6) is 5.75 Å². The maximum atomic E-state index is 12.2. The molecule has 1 amide bonds. The van der Waals surface area contributed by atoms with Gasteiger partial charge in [0.1, 0.15) is 11.6 Å². The summed E-state index contributed by atoms with van der Waals surface area (Å²) in [5.74, 6) is 1.34. The molecule has 0 aliphatic rings. The molecule has 0 unspecified atom stereocenters. The third-order valence-electron chi connectivity index (χ3n) is 3.37. The number of nitrogens with one attached hydrogen (secondary N) is 2. The van der Waals surface area contributed by atoms with E-state index in [1.54, 1.807) is 18.3 Å². The Morgan fingerprint density at radius 2 is 1.92 bits per heavy atom. The Kier molecular flexibility index (Phi) is 6.77. The number of nitrogens with zero attached hydrogens (tertiary/aromatic N) is 2. The van der Waals surface area contributed by atoms with Gasteiger partial charge in [-0.25, -0.2) is 4.98 Å². The number of hydrogen-bond acceptors (Lipinski definition) is 5. The standard InChI is InChI=1S/C19H26N4O2/c1-14(2)25-17-7-5-16(6-8-17)22-18-13-15(9-10-20-18)19(24)21-11-12-23(3)4/h5-10,13-14H,11-12H2,1-4H3,(H,20,22)(H,21,24). The topological polar surface area (TPSA) is 66.5 Å². The van der Waals surface area contributed by atoms with Gasteiger partial charge in [0.15, 0.2) is 0 Å². The van der Waals surface area contributed by atoms with Crippen molar-refractivity contribution in [2.75, 3.05) is 32.5 Å². The lowest BCUT2D eigenvalue weighted by Gasteiger charge is -2.12. The van der Waals surface area contributed by atoms with Gasteiger partial charge >= 0.3 is 0 Å². The molecule has 0 saturated heterocycles. The summed E-state index contributed by atoms with van der Waals surface area (Å²) in [6.45, 7) is 5.39. The van der Waals surface area contributed by atoms with Crippen LogP contribution in [0.1, 0.15) is 24.2 Å². The third kappa shape index (κ3) is 6.43. The average Bonchev–Trinajstić information content (AvgIpc) is 2.56. The van der Waals surface area contributed by atoms with Crippen molar-refractivity contribution in [3.05, 3.63) is 48.2 Å². The monoisotopic (exact) mass is 342 g/mol. The second-order valence-electron chi connectivity index (χ2n) is 6.30. The van der Waals surface area contributed by atoms with E-state index in [1.165, 1.54) is 0 Å². The zero-order chi connectivity index (χ0) is 18.2. The van der Waals surface area contributed by atoms with E-state index in [0.29, 0.717) is 17.9 Å². The highest BCUT2D eigenvalue weighted by molar-refractivity contribution is 5.94. The van der Waals surface area contributed by atoms with Crippen molar-refractivity contribution in [3.8, 4) is 5.75 Å². The Hall–Kier alpha value is -2.60. The van der Waals surface area contributed by atoms with Gasteiger partial charge < -0.3 is 20.3 Å². The van der Waals surface area contributed by atoms with Crippen LogP contribution in [0, 0.1) is 0 Å². The number of amides is 1. The highest BCUT2D eigenvalue weighted by atomic mass is 16.5. The van der Waals surface area contributed by atoms with Crippen LogP contribution in [0.4, 0.5) is 11.5 Å². The van der Waals surface area contributed by atoms with E-state index in [-0.39, 0.29) is 12.0 Å². The Balaban J connectivity index is 1.97. The normalized spacial score (nSPS) is 10.8. The molecule has 1 aromatic carbocycles. The Morgan fingerprint density at radius 3 is 2.56 bits per heavy atom. The molecule has 6 nitrogen and oxygen atoms in total. The minimum absolute atomic E-state index is 0.104. The number of aromatic nitrogens is 1. The lowest BCUT2D eigenvalue weighted by atomic mass is 10.2. The largest absolute Gasteiger partial charge is 0.491 e. The van der Waals surface area contributed by atoms with E-state index < -0.39 is 0 Å². The number of hydrogen-bond donors (Lipinski definition) is 2. The molecule has 0 aliphatic heterocycles. The number of carbonyl (C=O) groups excluding carboxylic acids is 1. The first-order valence-corrected chi connectivity index (χ1v) is 8.37. The van der Waals surface area contributed by atoms with Crippen LogP contribution in [0.2, 0.25) is 0 Å². The van der Waals surface area contributed by atoms with Crippen molar-refractivity contribution >= 4 is 17.4 Å². The van der Waals surface area contributed by atoms with Crippen LogP contribution in [0.3, 0.4) is 0 Å². The number of pyridine rings is 1. The number of ether oxygens (including phenoxy) is 1. The molecule has 0 atom stereocenters. The fraction of sp³-hybridized carbons (Fsp3) is 0.368. The van der Waals surface area contributed by atoms with E-state index in [0.717, 1.165) is 18.0 Å². The summed E-state index contributed by atoms with van der Waals surface area (Å²) in [6, 6.07) is 11.1. The molecule has 0 radical (unpaired) electrons. The molecule has 6 heteroatoms. The van der Waals surface area contributed by atoms with E-state index in [9.17, 15) is 4.79 Å². The molecule has 0 aliphatic carbocycles. The van der Waals surface area contributed by atoms with Gasteiger partial charge in [0.05, 0.1) is 6.10 Å². The van der Waals surface area contributed by atoms with E-state index in [4.69, 9.17) is 4.74 Å². The van der Waals surface area contributed by atoms with Crippen molar-refractivity contribution in [2.24, 2.45) is 0 Å². The van der Waals surface area contributed by atoms with Gasteiger partial charge in [-0.1, -0.05) is 0 Å². The van der Waals surface area contributed by atoms with Crippen molar-refractivity contribution in [1.29, 1.82) is 0 Å². The zero-order valence-electron chi connectivity index (χ0n) is 15.2. The maximum absolute atomic E-state index is 12.2. The summed E-state index contributed by atoms with van der Waals surface area (Å²) in [7, 11) is 3.94. The van der Waals surface area contributed by atoms with Crippen LogP contribution in [0.25, 0.3) is 0 Å². The molecule has 134 valence electrons. The average molecular weight is 342 g/mol. The van der Waals surface area contributed by atoms with Crippen LogP contribution in [-0.4, -0.2) is 49.1 Å². The van der Waals surface area contributed by atoms with E-state index in [1.807, 2.05) is 57.1 Å². The molecule has 2 N–H and O–H groups in total. The van der Waals surface area contributed by atoms with Crippen molar-refractivity contribution in [1.82, 2.24) is 15.2 Å². The predicted octanol–water partition coefficient (Wildman–Crippen LogP) is 2.90. The van der Waals surface area contributed by atoms with Gasteiger partial charge in [-0.15, -0.1) is 0 Å². The quantitative estimate of drug-likeness (QED) is 0.772. The summed E-state index contributed by atoms with van der Waals surface area (Å²) in [5.41, 5.74) is 1.46. The summed E-state index contributed by atoms with van der Waals surface area (Å²) in [5, 5.41) is 6.09. The lowest BCUT2D eigenvalue weighted by Crippen LogP contribution is -2.31. The van der Waals surface area contributed by atoms with E-state index in [2.05, 4.69) is 15.6 Å². The molecule has 1 heterocycles. The van der Waals surface area contributed by atoms with Gasteiger partial charge in [-0.2, -0.15) is 0 Å². The highest BCUT2D eigenvalue weighted by Crippen LogP contribution is 2.20. The van der Waals surface area contributed by atoms with E-state index >= 15 is 0 Å². The fourth-order valence-corrected chi connectivity index (χ4v) is 2.17. The van der Waals surface area contributed by atoms with Gasteiger partial charge in [0.2, 0.25) is 0 Å². The molecule has 0 fully saturated rings. The number of likely N-dealkylation sites (N-methyl/N-ethyl adjacent to an activating group) is 1. The number of rotatable bonds is 8. The van der Waals surface area contributed by atoms with Gasteiger partial charge in [-0.05, 0) is 64.3 Å². The van der Waals surface area contributed by atoms with Crippen molar-refractivity contribution in [3.63, 3.8) is 0 Å². The SMILES string of the molecule is CC(C)Oc1ccc(Nc2cc(C(=O)NCCN(C)C)ccn2)cc1. The smallest absolute Gasteiger partial charge is 0.251 e. The molecule has 1 aromatic heterocycles. The van der Waals surface area contributed by atoms with Crippen LogP contribution < -0.4 is 15.4 Å². The zero-order valence-corrected chi connectivity index (χ0v) is 15.2. The molecular formula is C19H26N4O2. The summed E-state index contributed by atoms with van der Waals surface area (Å²) < 4.78 is 5.62. The molecular weight excluding hydrogens is 316 g/mol. The Labute approximate surface area is 149 Å². The summed E-state index contributed by atoms with van der Waals surface area (Å²) in [4.78, 5) is 18.5. The molecule has 0 spiro atoms. The lowest BCUT2D eigenvalue weighted by molar-refractivity contribution is 0.0951. The van der Waals surface area contributed by atoms with Crippen LogP contribution >= 0.6 is 0 Å². The minimum Gasteiger partial charge on any atom is -0.491 e. The number of benzene rings is 1. The molecule has 2 rings (SSSR count). The first-order chi connectivity index (χ1) is 11.9. The van der Waals surface area contributed by atoms with Gasteiger partial charge in [-0.3, -0.25) is 4.79 Å². The van der Waals surface area contributed by atoms with Crippen molar-refractivity contribution in [2.45, 2.75) is 20.0 Å². The molecule has 0 bridgehead atoms. The second kappa shape index (κ2) is 9.03. The number of carbonyl (C=O) groups is 1. The second-order valence-corrected chi connectivity index (χ2v) is 6.30. The summed E-state index contributed by atoms with van der Waals surface area (Å²) in [6.07, 6.45) is 1.77. The van der Waals surface area contributed by atoms with Gasteiger partial charge in [0, 0.05) is 30.5 Å².